The van der Waals surface area contributed by atoms with Crippen LogP contribution in [0.3, 0.4) is 0 Å². The molecule has 1 aromatic carbocycles. The van der Waals surface area contributed by atoms with Gasteiger partial charge in [0, 0.05) is 25.0 Å². The Morgan fingerprint density at radius 2 is 2.00 bits per heavy atom. The molecule has 2 heterocycles. The Hall–Kier alpha value is -1.88. The van der Waals surface area contributed by atoms with Crippen molar-refractivity contribution in [1.29, 1.82) is 0 Å². The Kier molecular flexibility index (Phi) is 4.96. The first-order valence-electron chi connectivity index (χ1n) is 8.50. The summed E-state index contributed by atoms with van der Waals surface area (Å²) in [4.78, 5) is 27.0. The number of piperidine rings is 1. The molecule has 0 spiro atoms. The average Bonchev–Trinajstić information content (AvgIpc) is 2.76. The van der Waals surface area contributed by atoms with Crippen LogP contribution in [0.5, 0.6) is 0 Å². The lowest BCUT2D eigenvalue weighted by Gasteiger charge is -2.35. The summed E-state index contributed by atoms with van der Waals surface area (Å²) in [5, 5.41) is 6.29. The summed E-state index contributed by atoms with van der Waals surface area (Å²) in [7, 11) is 0. The second-order valence-electron chi connectivity index (χ2n) is 6.59. The molecule has 0 aliphatic carbocycles. The number of nitrogens with zero attached hydrogens (tertiary/aromatic N) is 1. The molecule has 2 saturated heterocycles. The first kappa shape index (κ1) is 16.0. The Morgan fingerprint density at radius 1 is 1.22 bits per heavy atom. The van der Waals surface area contributed by atoms with E-state index in [1.807, 2.05) is 35.2 Å². The van der Waals surface area contributed by atoms with Crippen LogP contribution in [0.25, 0.3) is 0 Å². The number of benzene rings is 1. The van der Waals surface area contributed by atoms with Crippen molar-refractivity contribution in [3.05, 3.63) is 35.9 Å². The Morgan fingerprint density at radius 3 is 2.74 bits per heavy atom. The first-order valence-corrected chi connectivity index (χ1v) is 8.50. The fraction of sp³-hybridized carbons (Fsp3) is 0.556. The van der Waals surface area contributed by atoms with Crippen LogP contribution in [0.1, 0.15) is 37.8 Å². The molecule has 0 saturated carbocycles. The third-order valence-electron chi connectivity index (χ3n) is 4.87. The van der Waals surface area contributed by atoms with Crippen LogP contribution in [-0.2, 0) is 9.59 Å². The van der Waals surface area contributed by atoms with Gasteiger partial charge < -0.3 is 15.5 Å². The number of rotatable bonds is 2. The number of carbonyl (C=O) groups is 2. The monoisotopic (exact) mass is 315 g/mol. The Bertz CT molecular complexity index is 561. The molecule has 3 atom stereocenters. The molecular formula is C18H25N3O2. The molecule has 0 bridgehead atoms. The van der Waals surface area contributed by atoms with Crippen molar-refractivity contribution in [3.8, 4) is 0 Å². The van der Waals surface area contributed by atoms with Crippen molar-refractivity contribution in [2.24, 2.45) is 5.92 Å². The predicted octanol–water partition coefficient (Wildman–Crippen LogP) is 1.46. The molecule has 2 amide bonds. The topological polar surface area (TPSA) is 61.4 Å². The van der Waals surface area contributed by atoms with Crippen LogP contribution in [0.15, 0.2) is 30.3 Å². The maximum Gasteiger partial charge on any atom is 0.226 e. The highest BCUT2D eigenvalue weighted by Gasteiger charge is 2.34. The van der Waals surface area contributed by atoms with E-state index in [9.17, 15) is 9.59 Å². The lowest BCUT2D eigenvalue weighted by molar-refractivity contribution is -0.139. The fourth-order valence-corrected chi connectivity index (χ4v) is 3.66. The SMILES string of the molecule is C[C@H]1C[C@@H](C(=O)N2CCNC(=O)CC2c2ccccc2)CCN1. The van der Waals surface area contributed by atoms with Gasteiger partial charge in [0.15, 0.2) is 0 Å². The number of carbonyl (C=O) groups excluding carboxylic acids is 2. The number of amides is 2. The van der Waals surface area contributed by atoms with Crippen LogP contribution >= 0.6 is 0 Å². The summed E-state index contributed by atoms with van der Waals surface area (Å²) in [6, 6.07) is 10.1. The molecule has 0 radical (unpaired) electrons. The molecule has 23 heavy (non-hydrogen) atoms. The number of nitrogens with one attached hydrogen (secondary N) is 2. The minimum atomic E-state index is -0.156. The summed E-state index contributed by atoms with van der Waals surface area (Å²) >= 11 is 0. The highest BCUT2D eigenvalue weighted by atomic mass is 16.2. The zero-order valence-electron chi connectivity index (χ0n) is 13.6. The van der Waals surface area contributed by atoms with Crippen LogP contribution in [0.4, 0.5) is 0 Å². The largest absolute Gasteiger partial charge is 0.354 e. The van der Waals surface area contributed by atoms with Gasteiger partial charge in [-0.1, -0.05) is 30.3 Å². The van der Waals surface area contributed by atoms with Gasteiger partial charge in [0.1, 0.15) is 0 Å². The van der Waals surface area contributed by atoms with Gasteiger partial charge in [-0.3, -0.25) is 9.59 Å². The van der Waals surface area contributed by atoms with E-state index < -0.39 is 0 Å². The van der Waals surface area contributed by atoms with Crippen molar-refractivity contribution in [3.63, 3.8) is 0 Å². The highest BCUT2D eigenvalue weighted by molar-refractivity contribution is 5.82. The number of hydrogen-bond acceptors (Lipinski definition) is 3. The van der Waals surface area contributed by atoms with Gasteiger partial charge in [0.2, 0.25) is 11.8 Å². The van der Waals surface area contributed by atoms with Gasteiger partial charge in [-0.05, 0) is 31.9 Å². The highest BCUT2D eigenvalue weighted by Crippen LogP contribution is 2.29. The lowest BCUT2D eigenvalue weighted by atomic mass is 9.90. The molecule has 2 aliphatic rings. The average molecular weight is 315 g/mol. The Labute approximate surface area is 137 Å². The number of hydrogen-bond donors (Lipinski definition) is 2. The van der Waals surface area contributed by atoms with Gasteiger partial charge in [0.25, 0.3) is 0 Å². The van der Waals surface area contributed by atoms with Crippen LogP contribution in [0.2, 0.25) is 0 Å². The minimum Gasteiger partial charge on any atom is -0.354 e. The zero-order valence-corrected chi connectivity index (χ0v) is 13.6. The van der Waals surface area contributed by atoms with E-state index in [-0.39, 0.29) is 23.8 Å². The van der Waals surface area contributed by atoms with Crippen LogP contribution in [-0.4, -0.2) is 42.4 Å². The zero-order chi connectivity index (χ0) is 16.2. The molecule has 2 aliphatic heterocycles. The molecule has 124 valence electrons. The standard InChI is InChI=1S/C18H25N3O2/c1-13-11-15(7-8-19-13)18(23)21-10-9-20-17(22)12-16(21)14-5-3-2-4-6-14/h2-6,13,15-16,19H,7-12H2,1H3,(H,20,22)/t13-,15-,16?/m0/s1. The maximum absolute atomic E-state index is 13.1. The predicted molar refractivity (Wildman–Crippen MR) is 88.7 cm³/mol. The Balaban J connectivity index is 1.83. The molecule has 2 N–H and O–H groups in total. The van der Waals surface area contributed by atoms with Crippen molar-refractivity contribution >= 4 is 11.8 Å². The van der Waals surface area contributed by atoms with Gasteiger partial charge in [-0.15, -0.1) is 0 Å². The van der Waals surface area contributed by atoms with Crippen LogP contribution in [0, 0.1) is 5.92 Å². The third-order valence-corrected chi connectivity index (χ3v) is 4.87. The normalized spacial score (nSPS) is 28.8. The lowest BCUT2D eigenvalue weighted by Crippen LogP contribution is -2.46. The van der Waals surface area contributed by atoms with Crippen molar-refractivity contribution in [1.82, 2.24) is 15.5 Å². The van der Waals surface area contributed by atoms with Crippen LogP contribution < -0.4 is 10.6 Å². The van der Waals surface area contributed by atoms with E-state index in [2.05, 4.69) is 17.6 Å². The molecule has 5 nitrogen and oxygen atoms in total. The molecule has 2 fully saturated rings. The summed E-state index contributed by atoms with van der Waals surface area (Å²) in [5.74, 6) is 0.280. The van der Waals surface area contributed by atoms with E-state index in [4.69, 9.17) is 0 Å². The molecule has 0 aromatic heterocycles. The molecule has 1 unspecified atom stereocenters. The summed E-state index contributed by atoms with van der Waals surface area (Å²) < 4.78 is 0. The van der Waals surface area contributed by atoms with Gasteiger partial charge >= 0.3 is 0 Å². The molecule has 1 aromatic rings. The third kappa shape index (κ3) is 3.72. The summed E-state index contributed by atoms with van der Waals surface area (Å²) in [6.45, 7) is 4.14. The first-order chi connectivity index (χ1) is 11.1. The van der Waals surface area contributed by atoms with E-state index in [0.717, 1.165) is 24.9 Å². The minimum absolute atomic E-state index is 0.0211. The second-order valence-corrected chi connectivity index (χ2v) is 6.59. The van der Waals surface area contributed by atoms with E-state index in [1.165, 1.54) is 0 Å². The molecule has 3 rings (SSSR count). The van der Waals surface area contributed by atoms with Gasteiger partial charge in [-0.25, -0.2) is 0 Å². The summed E-state index contributed by atoms with van der Waals surface area (Å²) in [5.41, 5.74) is 1.04. The quantitative estimate of drug-likeness (QED) is 0.869. The molecular weight excluding hydrogens is 290 g/mol. The van der Waals surface area contributed by atoms with Crippen molar-refractivity contribution in [2.75, 3.05) is 19.6 Å². The van der Waals surface area contributed by atoms with E-state index in [1.54, 1.807) is 0 Å². The van der Waals surface area contributed by atoms with E-state index in [0.29, 0.717) is 25.6 Å². The smallest absolute Gasteiger partial charge is 0.226 e. The second kappa shape index (κ2) is 7.13. The fourth-order valence-electron chi connectivity index (χ4n) is 3.66. The van der Waals surface area contributed by atoms with Gasteiger partial charge in [0.05, 0.1) is 12.5 Å². The molecule has 5 heteroatoms. The van der Waals surface area contributed by atoms with Crippen molar-refractivity contribution < 1.29 is 9.59 Å². The summed E-state index contributed by atoms with van der Waals surface area (Å²) in [6.07, 6.45) is 2.09. The van der Waals surface area contributed by atoms with Crippen molar-refractivity contribution in [2.45, 2.75) is 38.3 Å². The van der Waals surface area contributed by atoms with Gasteiger partial charge in [-0.2, -0.15) is 0 Å². The van der Waals surface area contributed by atoms with E-state index >= 15 is 0 Å². The maximum atomic E-state index is 13.1.